The van der Waals surface area contributed by atoms with E-state index in [9.17, 15) is 31.5 Å². The second-order valence-electron chi connectivity index (χ2n) is 9.84. The molecule has 0 heterocycles. The molecule has 0 atom stereocenters. The monoisotopic (exact) mass is 628 g/mol. The zero-order chi connectivity index (χ0) is 32.6. The summed E-state index contributed by atoms with van der Waals surface area (Å²) in [5.74, 6) is -0.731. The summed E-state index contributed by atoms with van der Waals surface area (Å²) in [7, 11) is 1.57. The highest BCUT2D eigenvalue weighted by molar-refractivity contribution is 5.74. The van der Waals surface area contributed by atoms with Gasteiger partial charge in [-0.1, -0.05) is 61.7 Å². The van der Waals surface area contributed by atoms with Gasteiger partial charge < -0.3 is 14.2 Å². The van der Waals surface area contributed by atoms with Crippen LogP contribution >= 0.6 is 0 Å². The number of carbonyl (C=O) groups is 2. The average molecular weight is 629 g/mol. The van der Waals surface area contributed by atoms with Crippen LogP contribution in [0.4, 0.5) is 22.0 Å². The van der Waals surface area contributed by atoms with Gasteiger partial charge >= 0.3 is 18.6 Å². The van der Waals surface area contributed by atoms with Crippen molar-refractivity contribution in [1.29, 1.82) is 0 Å². The predicted molar refractivity (Wildman–Crippen MR) is 161 cm³/mol. The van der Waals surface area contributed by atoms with Gasteiger partial charge in [-0.05, 0) is 60.4 Å². The second-order valence-corrected chi connectivity index (χ2v) is 9.84. The molecule has 0 fully saturated rings. The van der Waals surface area contributed by atoms with Crippen molar-refractivity contribution in [3.05, 3.63) is 103 Å². The summed E-state index contributed by atoms with van der Waals surface area (Å²) >= 11 is 0. The van der Waals surface area contributed by atoms with Crippen LogP contribution in [0.25, 0.3) is 22.3 Å². The van der Waals surface area contributed by atoms with Crippen molar-refractivity contribution < 1.29 is 45.8 Å². The number of unbranched alkanes of at least 4 members (excludes halogenated alkanes) is 4. The lowest BCUT2D eigenvalue weighted by Gasteiger charge is -2.09. The molecular formula is C35H33F5O5. The number of rotatable bonds is 13. The molecule has 4 aromatic carbocycles. The van der Waals surface area contributed by atoms with E-state index in [1.807, 2.05) is 30.3 Å². The Morgan fingerprint density at radius 2 is 0.978 bits per heavy atom. The molecule has 0 radical (unpaired) electrons. The Balaban J connectivity index is 0.00000130. The Morgan fingerprint density at radius 3 is 1.40 bits per heavy atom. The number of benzene rings is 4. The van der Waals surface area contributed by atoms with Gasteiger partial charge in [0.05, 0.1) is 7.11 Å². The molecule has 238 valence electrons. The van der Waals surface area contributed by atoms with Crippen LogP contribution in [0.2, 0.25) is 0 Å². The second kappa shape index (κ2) is 18.2. The lowest BCUT2D eigenvalue weighted by Crippen LogP contribution is -2.08. The molecule has 0 spiro atoms. The zero-order valence-corrected chi connectivity index (χ0v) is 24.6. The summed E-state index contributed by atoms with van der Waals surface area (Å²) < 4.78 is 73.8. The highest BCUT2D eigenvalue weighted by Crippen LogP contribution is 2.29. The molecule has 0 saturated heterocycles. The van der Waals surface area contributed by atoms with Crippen LogP contribution in [0.1, 0.15) is 44.9 Å². The maximum Gasteiger partial charge on any atom is 0.379 e. The van der Waals surface area contributed by atoms with Crippen LogP contribution in [0, 0.1) is 11.6 Å². The van der Waals surface area contributed by atoms with E-state index in [0.29, 0.717) is 35.3 Å². The van der Waals surface area contributed by atoms with E-state index in [2.05, 4.69) is 0 Å². The Kier molecular flexibility index (Phi) is 14.0. The van der Waals surface area contributed by atoms with E-state index in [1.165, 1.54) is 12.1 Å². The number of esters is 2. The Morgan fingerprint density at radius 1 is 0.578 bits per heavy atom. The normalized spacial score (nSPS) is 10.6. The first-order valence-electron chi connectivity index (χ1n) is 14.3. The van der Waals surface area contributed by atoms with E-state index >= 15 is 0 Å². The molecule has 0 aliphatic rings. The molecule has 0 aromatic heterocycles. The van der Waals surface area contributed by atoms with E-state index in [-0.39, 0.29) is 24.3 Å². The molecule has 0 bridgehead atoms. The third kappa shape index (κ3) is 12.1. The fraction of sp³-hybridized carbons (Fsp3) is 0.257. The summed E-state index contributed by atoms with van der Waals surface area (Å²) in [5, 5.41) is 0. The predicted octanol–water partition coefficient (Wildman–Crippen LogP) is 9.73. The van der Waals surface area contributed by atoms with Crippen molar-refractivity contribution in [3.63, 3.8) is 0 Å². The summed E-state index contributed by atoms with van der Waals surface area (Å²) in [6.07, 6.45) is 4.13. The minimum atomic E-state index is -3.67. The maximum atomic E-state index is 14.6. The number of hydrogen-bond acceptors (Lipinski definition) is 5. The Hall–Kier alpha value is -4.73. The van der Waals surface area contributed by atoms with E-state index in [0.717, 1.165) is 24.8 Å². The minimum Gasteiger partial charge on any atom is -0.497 e. The van der Waals surface area contributed by atoms with Gasteiger partial charge in [0.15, 0.2) is 0 Å². The molecule has 0 N–H and O–H groups in total. The number of hydrogen-bond donors (Lipinski definition) is 0. The van der Waals surface area contributed by atoms with Crippen molar-refractivity contribution in [1.82, 2.24) is 0 Å². The first-order chi connectivity index (χ1) is 21.7. The molecule has 0 unspecified atom stereocenters. The summed E-state index contributed by atoms with van der Waals surface area (Å²) in [5.41, 5.74) is 2.30. The van der Waals surface area contributed by atoms with Crippen LogP contribution in [-0.2, 0) is 9.59 Å². The Bertz CT molecular complexity index is 1510. The zero-order valence-electron chi connectivity index (χ0n) is 24.6. The van der Waals surface area contributed by atoms with Crippen LogP contribution in [0.15, 0.2) is 91.0 Å². The standard InChI is InChI=1S/C34H32F2O5.CHF3/c1-39-26-16-14-25(15-17-26)30-21-19-28(23-32(30)36)41-34(38)13-9-4-2-3-8-12-33(37)40-27-18-20-29(31(35)22-27)24-10-6-5-7-11-24;2-1(3)4/h5-7,10-11,14-23H,2-4,8-9,12-13H2,1H3;1H. The van der Waals surface area contributed by atoms with E-state index in [4.69, 9.17) is 14.2 Å². The molecule has 45 heavy (non-hydrogen) atoms. The quantitative estimate of drug-likeness (QED) is 0.0639. The van der Waals surface area contributed by atoms with Gasteiger partial charge in [-0.2, -0.15) is 13.2 Å². The lowest BCUT2D eigenvalue weighted by molar-refractivity contribution is -0.135. The fourth-order valence-corrected chi connectivity index (χ4v) is 4.41. The topological polar surface area (TPSA) is 61.8 Å². The number of alkyl halides is 3. The van der Waals surface area contributed by atoms with Crippen molar-refractivity contribution in [2.24, 2.45) is 0 Å². The highest BCUT2D eigenvalue weighted by Gasteiger charge is 2.12. The smallest absolute Gasteiger partial charge is 0.379 e. The van der Waals surface area contributed by atoms with Gasteiger partial charge in [-0.3, -0.25) is 9.59 Å². The number of halogens is 5. The van der Waals surface area contributed by atoms with Gasteiger partial charge in [-0.25, -0.2) is 8.78 Å². The molecule has 5 nitrogen and oxygen atoms in total. The lowest BCUT2D eigenvalue weighted by atomic mass is 10.0. The van der Waals surface area contributed by atoms with Crippen LogP contribution in [-0.4, -0.2) is 25.7 Å². The number of methoxy groups -OCH3 is 1. The summed E-state index contributed by atoms with van der Waals surface area (Å²) in [6, 6.07) is 25.0. The van der Waals surface area contributed by atoms with E-state index in [1.54, 1.807) is 55.6 Å². The van der Waals surface area contributed by atoms with Gasteiger partial charge in [0.1, 0.15) is 28.9 Å². The molecule has 10 heteroatoms. The Labute approximate surface area is 258 Å². The molecule has 0 aliphatic carbocycles. The maximum absolute atomic E-state index is 14.6. The summed E-state index contributed by atoms with van der Waals surface area (Å²) in [4.78, 5) is 24.3. The first-order valence-corrected chi connectivity index (χ1v) is 14.3. The molecule has 4 rings (SSSR count). The van der Waals surface area contributed by atoms with Gasteiger partial charge in [0.2, 0.25) is 0 Å². The molecule has 0 amide bonds. The summed E-state index contributed by atoms with van der Waals surface area (Å²) in [6.45, 7) is -3.67. The van der Waals surface area contributed by atoms with Gasteiger partial charge in [0.25, 0.3) is 0 Å². The molecule has 4 aromatic rings. The van der Waals surface area contributed by atoms with Crippen LogP contribution in [0.3, 0.4) is 0 Å². The van der Waals surface area contributed by atoms with Gasteiger partial charge in [0, 0.05) is 36.1 Å². The van der Waals surface area contributed by atoms with Crippen molar-refractivity contribution >= 4 is 11.9 Å². The van der Waals surface area contributed by atoms with E-state index < -0.39 is 30.3 Å². The molecular weight excluding hydrogens is 595 g/mol. The third-order valence-electron chi connectivity index (χ3n) is 6.59. The third-order valence-corrected chi connectivity index (χ3v) is 6.59. The van der Waals surface area contributed by atoms with Crippen LogP contribution < -0.4 is 14.2 Å². The molecule has 0 saturated carbocycles. The van der Waals surface area contributed by atoms with Crippen molar-refractivity contribution in [3.8, 4) is 39.5 Å². The molecule has 0 aliphatic heterocycles. The SMILES string of the molecule is COc1ccc(-c2ccc(OC(=O)CCCCCCCC(=O)Oc3ccc(-c4ccccc4)c(F)c3)cc2F)cc1.FC(F)F. The van der Waals surface area contributed by atoms with Crippen molar-refractivity contribution in [2.75, 3.05) is 7.11 Å². The van der Waals surface area contributed by atoms with Gasteiger partial charge in [-0.15, -0.1) is 0 Å². The largest absolute Gasteiger partial charge is 0.497 e. The number of carbonyl (C=O) groups excluding carboxylic acids is 2. The van der Waals surface area contributed by atoms with Crippen molar-refractivity contribution in [2.45, 2.75) is 51.6 Å². The minimum absolute atomic E-state index is 0.165. The number of ether oxygens (including phenoxy) is 3. The highest BCUT2D eigenvalue weighted by atomic mass is 19.4. The fourth-order valence-electron chi connectivity index (χ4n) is 4.41. The average Bonchev–Trinajstić information content (AvgIpc) is 3.01. The first kappa shape index (κ1) is 34.8. The van der Waals surface area contributed by atoms with Crippen LogP contribution in [0.5, 0.6) is 17.2 Å².